The number of Topliss-reactive ketones (excluding diaryl/α,β-unsaturated/α-hetero) is 1. The fourth-order valence-corrected chi connectivity index (χ4v) is 2.38. The van der Waals surface area contributed by atoms with Crippen LogP contribution in [0.3, 0.4) is 0 Å². The van der Waals surface area contributed by atoms with E-state index in [0.717, 1.165) is 5.56 Å². The molecule has 0 aromatic heterocycles. The summed E-state index contributed by atoms with van der Waals surface area (Å²) in [7, 11) is 2.80. The van der Waals surface area contributed by atoms with Crippen molar-refractivity contribution in [1.82, 2.24) is 0 Å². The molecule has 2 aromatic carbocycles. The number of carbonyl (C=O) groups is 3. The van der Waals surface area contributed by atoms with Gasteiger partial charge in [0.25, 0.3) is 0 Å². The van der Waals surface area contributed by atoms with Gasteiger partial charge >= 0.3 is 5.97 Å². The molecule has 2 rings (SSSR count). The smallest absolute Gasteiger partial charge is 0.315 e. The number of anilines is 1. The zero-order chi connectivity index (χ0) is 20.0. The zero-order valence-corrected chi connectivity index (χ0v) is 15.4. The van der Waals surface area contributed by atoms with Crippen molar-refractivity contribution in [3.05, 3.63) is 53.6 Å². The van der Waals surface area contributed by atoms with E-state index in [-0.39, 0.29) is 36.0 Å². The minimum Gasteiger partial charge on any atom is -0.507 e. The first-order valence-corrected chi connectivity index (χ1v) is 8.21. The zero-order valence-electron chi connectivity index (χ0n) is 15.4. The molecule has 0 aliphatic heterocycles. The van der Waals surface area contributed by atoms with Crippen molar-refractivity contribution >= 4 is 23.3 Å². The quantitative estimate of drug-likeness (QED) is 0.457. The van der Waals surface area contributed by atoms with Gasteiger partial charge in [0.05, 0.1) is 12.7 Å². The summed E-state index contributed by atoms with van der Waals surface area (Å²) in [6.07, 6.45) is -0.338. The maximum atomic E-state index is 12.1. The van der Waals surface area contributed by atoms with Crippen molar-refractivity contribution in [1.29, 1.82) is 0 Å². The van der Waals surface area contributed by atoms with Crippen LogP contribution < -0.4 is 9.64 Å². The molecule has 0 heterocycles. The van der Waals surface area contributed by atoms with Crippen LogP contribution in [-0.4, -0.2) is 36.9 Å². The highest BCUT2D eigenvalue weighted by atomic mass is 16.5. The molecule has 0 fully saturated rings. The van der Waals surface area contributed by atoms with Gasteiger partial charge in [-0.3, -0.25) is 14.4 Å². The van der Waals surface area contributed by atoms with E-state index < -0.39 is 5.97 Å². The number of ether oxygens (including phenoxy) is 2. The molecule has 7 heteroatoms. The van der Waals surface area contributed by atoms with Crippen LogP contribution in [-0.2, 0) is 20.9 Å². The molecule has 1 N–H and O–H groups in total. The van der Waals surface area contributed by atoms with E-state index in [1.54, 1.807) is 31.3 Å². The number of amides is 1. The monoisotopic (exact) mass is 371 g/mol. The predicted molar refractivity (Wildman–Crippen MR) is 98.9 cm³/mol. The van der Waals surface area contributed by atoms with Gasteiger partial charge in [0, 0.05) is 18.8 Å². The Morgan fingerprint density at radius 3 is 2.48 bits per heavy atom. The summed E-state index contributed by atoms with van der Waals surface area (Å²) in [5, 5.41) is 9.85. The summed E-state index contributed by atoms with van der Waals surface area (Å²) in [5.74, 6) is -0.934. The molecule has 0 saturated carbocycles. The van der Waals surface area contributed by atoms with E-state index >= 15 is 0 Å². The minimum absolute atomic E-state index is 0.137. The summed E-state index contributed by atoms with van der Waals surface area (Å²) >= 11 is 0. The minimum atomic E-state index is -0.597. The van der Waals surface area contributed by atoms with Crippen LogP contribution in [0, 0.1) is 0 Å². The van der Waals surface area contributed by atoms with E-state index in [2.05, 4.69) is 4.74 Å². The number of methoxy groups -OCH3 is 1. The Bertz CT molecular complexity index is 861. The van der Waals surface area contributed by atoms with Crippen LogP contribution in [0.15, 0.2) is 42.5 Å². The first-order chi connectivity index (χ1) is 12.8. The van der Waals surface area contributed by atoms with Crippen LogP contribution in [0.4, 0.5) is 5.69 Å². The molecule has 0 unspecified atom stereocenters. The van der Waals surface area contributed by atoms with Gasteiger partial charge in [0.15, 0.2) is 5.78 Å². The van der Waals surface area contributed by atoms with E-state index in [9.17, 15) is 19.5 Å². The lowest BCUT2D eigenvalue weighted by molar-refractivity contribution is -0.143. The third kappa shape index (κ3) is 5.31. The lowest BCUT2D eigenvalue weighted by atomic mass is 10.1. The van der Waals surface area contributed by atoms with Crippen molar-refractivity contribution in [3.8, 4) is 11.5 Å². The third-order valence-corrected chi connectivity index (χ3v) is 3.95. The van der Waals surface area contributed by atoms with E-state index in [4.69, 9.17) is 4.74 Å². The number of benzene rings is 2. The van der Waals surface area contributed by atoms with Crippen LogP contribution in [0.25, 0.3) is 0 Å². The SMILES string of the molecule is COC(=O)CC(=O)N(C)c1cccc(COc2ccc(C(C)=O)c(O)c2)c1. The Morgan fingerprint density at radius 1 is 1.11 bits per heavy atom. The molecular weight excluding hydrogens is 350 g/mol. The number of carbonyl (C=O) groups excluding carboxylic acids is 3. The molecule has 0 radical (unpaired) electrons. The van der Waals surface area contributed by atoms with Crippen molar-refractivity contribution < 1.29 is 29.0 Å². The highest BCUT2D eigenvalue weighted by molar-refractivity contribution is 6.03. The second-order valence-electron chi connectivity index (χ2n) is 5.90. The lowest BCUT2D eigenvalue weighted by Crippen LogP contribution is -2.28. The maximum absolute atomic E-state index is 12.1. The standard InChI is InChI=1S/C20H21NO6/c1-13(22)17-8-7-16(10-18(17)23)27-12-14-5-4-6-15(9-14)21(2)19(24)11-20(25)26-3/h4-10,23H,11-12H2,1-3H3. The summed E-state index contributed by atoms with van der Waals surface area (Å²) < 4.78 is 10.1. The third-order valence-electron chi connectivity index (χ3n) is 3.95. The fourth-order valence-electron chi connectivity index (χ4n) is 2.38. The van der Waals surface area contributed by atoms with Gasteiger partial charge in [-0.05, 0) is 36.8 Å². The number of aromatic hydroxyl groups is 1. The number of ketones is 1. The lowest BCUT2D eigenvalue weighted by Gasteiger charge is -2.18. The molecule has 2 aromatic rings. The fraction of sp³-hybridized carbons (Fsp3) is 0.250. The van der Waals surface area contributed by atoms with Crippen molar-refractivity contribution in [2.24, 2.45) is 0 Å². The Balaban J connectivity index is 2.05. The molecule has 1 amide bonds. The number of hydrogen-bond acceptors (Lipinski definition) is 6. The average molecular weight is 371 g/mol. The second kappa shape index (κ2) is 8.84. The molecular formula is C20H21NO6. The Morgan fingerprint density at radius 2 is 1.85 bits per heavy atom. The Hall–Kier alpha value is -3.35. The molecule has 0 aliphatic carbocycles. The van der Waals surface area contributed by atoms with Gasteiger partial charge in [0.2, 0.25) is 5.91 Å². The number of phenols is 1. The summed E-state index contributed by atoms with van der Waals surface area (Å²) in [6.45, 7) is 1.57. The normalized spacial score (nSPS) is 10.2. The van der Waals surface area contributed by atoms with Crippen LogP contribution in [0.1, 0.15) is 29.3 Å². The Kier molecular flexibility index (Phi) is 6.54. The van der Waals surface area contributed by atoms with Crippen LogP contribution in [0.5, 0.6) is 11.5 Å². The van der Waals surface area contributed by atoms with Crippen molar-refractivity contribution in [3.63, 3.8) is 0 Å². The topological polar surface area (TPSA) is 93.1 Å². The Labute approximate surface area is 157 Å². The van der Waals surface area contributed by atoms with Gasteiger partial charge in [0.1, 0.15) is 24.5 Å². The van der Waals surface area contributed by atoms with Gasteiger partial charge in [-0.2, -0.15) is 0 Å². The largest absolute Gasteiger partial charge is 0.507 e. The van der Waals surface area contributed by atoms with Gasteiger partial charge < -0.3 is 19.5 Å². The van der Waals surface area contributed by atoms with Gasteiger partial charge in [-0.15, -0.1) is 0 Å². The number of hydrogen-bond donors (Lipinski definition) is 1. The highest BCUT2D eigenvalue weighted by Crippen LogP contribution is 2.25. The molecule has 0 bridgehead atoms. The summed E-state index contributed by atoms with van der Waals surface area (Å²) in [6, 6.07) is 11.6. The number of phenolic OH excluding ortho intramolecular Hbond substituents is 1. The van der Waals surface area contributed by atoms with Crippen LogP contribution >= 0.6 is 0 Å². The highest BCUT2D eigenvalue weighted by Gasteiger charge is 2.16. The molecule has 0 saturated heterocycles. The molecule has 27 heavy (non-hydrogen) atoms. The molecule has 142 valence electrons. The van der Waals surface area contributed by atoms with E-state index in [1.165, 1.54) is 31.1 Å². The number of esters is 1. The van der Waals surface area contributed by atoms with E-state index in [0.29, 0.717) is 11.4 Å². The summed E-state index contributed by atoms with van der Waals surface area (Å²) in [5.41, 5.74) is 1.63. The van der Waals surface area contributed by atoms with Crippen molar-refractivity contribution in [2.75, 3.05) is 19.1 Å². The summed E-state index contributed by atoms with van der Waals surface area (Å²) in [4.78, 5) is 36.0. The van der Waals surface area contributed by atoms with Crippen LogP contribution in [0.2, 0.25) is 0 Å². The average Bonchev–Trinajstić information content (AvgIpc) is 2.65. The van der Waals surface area contributed by atoms with Gasteiger partial charge in [-0.25, -0.2) is 0 Å². The van der Waals surface area contributed by atoms with E-state index in [1.807, 2.05) is 6.07 Å². The molecule has 0 spiro atoms. The maximum Gasteiger partial charge on any atom is 0.315 e. The first kappa shape index (κ1) is 20.0. The molecule has 7 nitrogen and oxygen atoms in total. The van der Waals surface area contributed by atoms with Crippen molar-refractivity contribution in [2.45, 2.75) is 20.0 Å². The molecule has 0 aliphatic rings. The predicted octanol–water partition coefficient (Wildman–Crippen LogP) is 2.70. The first-order valence-electron chi connectivity index (χ1n) is 8.21. The molecule has 0 atom stereocenters. The number of rotatable bonds is 7. The number of nitrogens with zero attached hydrogens (tertiary/aromatic N) is 1. The second-order valence-corrected chi connectivity index (χ2v) is 5.90. The van der Waals surface area contributed by atoms with Gasteiger partial charge in [-0.1, -0.05) is 12.1 Å².